The van der Waals surface area contributed by atoms with Crippen LogP contribution in [0.1, 0.15) is 9.67 Å². The topological polar surface area (TPSA) is 42.0 Å². The molecule has 114 valence electrons. The lowest BCUT2D eigenvalue weighted by Gasteiger charge is -2.02. The fourth-order valence-corrected chi connectivity index (χ4v) is 3.22. The lowest BCUT2D eigenvalue weighted by Crippen LogP contribution is -2.22. The van der Waals surface area contributed by atoms with Gasteiger partial charge >= 0.3 is 0 Å². The minimum Gasteiger partial charge on any atom is -0.348 e. The zero-order chi connectivity index (χ0) is 16.1. The average molecular weight is 320 g/mol. The number of benzene rings is 2. The summed E-state index contributed by atoms with van der Waals surface area (Å²) < 4.78 is 0. The summed E-state index contributed by atoms with van der Waals surface area (Å²) in [5.74, 6) is -0.122. The van der Waals surface area contributed by atoms with E-state index in [2.05, 4.69) is 11.9 Å². The second kappa shape index (κ2) is 7.03. The summed E-state index contributed by atoms with van der Waals surface area (Å²) in [5.41, 5.74) is 2.67. The molecule has 0 fully saturated rings. The molecule has 0 aliphatic carbocycles. The molecule has 0 saturated heterocycles. The van der Waals surface area contributed by atoms with Gasteiger partial charge in [0, 0.05) is 17.7 Å². The molecular formula is C19H16N2OS. The number of amides is 1. The Kier molecular flexibility index (Phi) is 4.64. The normalized spacial score (nSPS) is 10.3. The molecule has 23 heavy (non-hydrogen) atoms. The molecule has 0 aliphatic heterocycles. The number of hydrogen-bond donors (Lipinski definition) is 1. The first-order valence-corrected chi connectivity index (χ1v) is 8.12. The van der Waals surface area contributed by atoms with E-state index >= 15 is 0 Å². The summed E-state index contributed by atoms with van der Waals surface area (Å²) in [5, 5.41) is 3.68. The first kappa shape index (κ1) is 15.2. The van der Waals surface area contributed by atoms with Gasteiger partial charge in [-0.3, -0.25) is 4.79 Å². The number of carbonyl (C=O) groups is 1. The highest BCUT2D eigenvalue weighted by molar-refractivity contribution is 7.17. The maximum absolute atomic E-state index is 12.5. The van der Waals surface area contributed by atoms with Gasteiger partial charge in [0.05, 0.1) is 5.69 Å². The van der Waals surface area contributed by atoms with Crippen LogP contribution in [0.25, 0.3) is 21.8 Å². The molecule has 1 aromatic heterocycles. The lowest BCUT2D eigenvalue weighted by molar-refractivity contribution is 0.0962. The molecule has 1 heterocycles. The van der Waals surface area contributed by atoms with Crippen molar-refractivity contribution in [2.75, 3.05) is 6.54 Å². The van der Waals surface area contributed by atoms with Crippen molar-refractivity contribution in [1.82, 2.24) is 10.3 Å². The maximum atomic E-state index is 12.5. The lowest BCUT2D eigenvalue weighted by atomic mass is 10.1. The second-order valence-corrected chi connectivity index (χ2v) is 5.93. The van der Waals surface area contributed by atoms with Crippen molar-refractivity contribution in [3.8, 4) is 21.8 Å². The Labute approximate surface area is 139 Å². The summed E-state index contributed by atoms with van der Waals surface area (Å²) >= 11 is 1.41. The number of nitrogens with zero attached hydrogens (tertiary/aromatic N) is 1. The molecule has 0 spiro atoms. The molecule has 3 aromatic rings. The van der Waals surface area contributed by atoms with E-state index < -0.39 is 0 Å². The molecule has 0 unspecified atom stereocenters. The van der Waals surface area contributed by atoms with Gasteiger partial charge in [-0.15, -0.1) is 17.9 Å². The van der Waals surface area contributed by atoms with Crippen molar-refractivity contribution in [2.45, 2.75) is 0 Å². The van der Waals surface area contributed by atoms with E-state index in [0.29, 0.717) is 11.4 Å². The molecule has 1 amide bonds. The third-order valence-electron chi connectivity index (χ3n) is 3.31. The van der Waals surface area contributed by atoms with Crippen molar-refractivity contribution < 1.29 is 4.79 Å². The Bertz CT molecular complexity index is 810. The molecular weight excluding hydrogens is 304 g/mol. The first-order chi connectivity index (χ1) is 11.3. The molecule has 0 radical (unpaired) electrons. The number of rotatable bonds is 5. The third-order valence-corrected chi connectivity index (χ3v) is 4.41. The van der Waals surface area contributed by atoms with E-state index in [9.17, 15) is 4.79 Å². The second-order valence-electron chi connectivity index (χ2n) is 4.93. The molecule has 0 aliphatic rings. The predicted molar refractivity (Wildman–Crippen MR) is 95.5 cm³/mol. The fourth-order valence-electron chi connectivity index (χ4n) is 2.22. The highest BCUT2D eigenvalue weighted by Crippen LogP contribution is 2.33. The van der Waals surface area contributed by atoms with Crippen molar-refractivity contribution in [3.63, 3.8) is 0 Å². The van der Waals surface area contributed by atoms with Crippen LogP contribution < -0.4 is 5.32 Å². The Morgan fingerprint density at radius 1 is 1.04 bits per heavy atom. The summed E-state index contributed by atoms with van der Waals surface area (Å²) in [6, 6.07) is 19.7. The van der Waals surface area contributed by atoms with Crippen LogP contribution >= 0.6 is 11.3 Å². The minimum absolute atomic E-state index is 0.122. The summed E-state index contributed by atoms with van der Waals surface area (Å²) in [4.78, 5) is 17.8. The van der Waals surface area contributed by atoms with E-state index in [4.69, 9.17) is 4.98 Å². The maximum Gasteiger partial charge on any atom is 0.263 e. The van der Waals surface area contributed by atoms with Gasteiger partial charge in [-0.2, -0.15) is 0 Å². The summed E-state index contributed by atoms with van der Waals surface area (Å²) in [6.45, 7) is 4.07. The quantitative estimate of drug-likeness (QED) is 0.708. The van der Waals surface area contributed by atoms with E-state index in [1.807, 2.05) is 60.7 Å². The van der Waals surface area contributed by atoms with Gasteiger partial charge in [0.1, 0.15) is 9.88 Å². The molecule has 0 saturated carbocycles. The van der Waals surface area contributed by atoms with Crippen LogP contribution in [-0.4, -0.2) is 17.4 Å². The Morgan fingerprint density at radius 2 is 1.65 bits per heavy atom. The van der Waals surface area contributed by atoms with Crippen molar-refractivity contribution in [1.29, 1.82) is 0 Å². The Hall–Kier alpha value is -2.72. The predicted octanol–water partition coefficient (Wildman–Crippen LogP) is 4.39. The van der Waals surface area contributed by atoms with Gasteiger partial charge < -0.3 is 5.32 Å². The number of nitrogens with one attached hydrogen (secondary N) is 1. The van der Waals surface area contributed by atoms with Crippen molar-refractivity contribution in [3.05, 3.63) is 78.2 Å². The van der Waals surface area contributed by atoms with Gasteiger partial charge in [-0.05, 0) is 0 Å². The van der Waals surface area contributed by atoms with Crippen LogP contribution in [0.3, 0.4) is 0 Å². The average Bonchev–Trinajstić information content (AvgIpc) is 3.07. The summed E-state index contributed by atoms with van der Waals surface area (Å²) in [6.07, 6.45) is 1.67. The largest absolute Gasteiger partial charge is 0.348 e. The van der Waals surface area contributed by atoms with E-state index in [0.717, 1.165) is 21.8 Å². The van der Waals surface area contributed by atoms with E-state index in [-0.39, 0.29) is 5.91 Å². The SMILES string of the molecule is C=CCNC(=O)c1sc(-c2ccccc2)nc1-c1ccccc1. The van der Waals surface area contributed by atoms with Crippen LogP contribution in [0.4, 0.5) is 0 Å². The van der Waals surface area contributed by atoms with Gasteiger partial charge in [0.25, 0.3) is 5.91 Å². The van der Waals surface area contributed by atoms with E-state index in [1.165, 1.54) is 11.3 Å². The zero-order valence-corrected chi connectivity index (χ0v) is 13.3. The monoisotopic (exact) mass is 320 g/mol. The number of hydrogen-bond acceptors (Lipinski definition) is 3. The number of carbonyl (C=O) groups excluding carboxylic acids is 1. The van der Waals surface area contributed by atoms with Gasteiger partial charge in [0.15, 0.2) is 0 Å². The molecule has 2 aromatic carbocycles. The fraction of sp³-hybridized carbons (Fsp3) is 0.0526. The zero-order valence-electron chi connectivity index (χ0n) is 12.5. The molecule has 3 nitrogen and oxygen atoms in total. The molecule has 0 atom stereocenters. The highest BCUT2D eigenvalue weighted by atomic mass is 32.1. The molecule has 0 bridgehead atoms. The minimum atomic E-state index is -0.122. The van der Waals surface area contributed by atoms with Crippen molar-refractivity contribution in [2.24, 2.45) is 0 Å². The van der Waals surface area contributed by atoms with Crippen LogP contribution in [0, 0.1) is 0 Å². The third kappa shape index (κ3) is 3.38. The van der Waals surface area contributed by atoms with E-state index in [1.54, 1.807) is 6.08 Å². The smallest absolute Gasteiger partial charge is 0.263 e. The van der Waals surface area contributed by atoms with Crippen molar-refractivity contribution >= 4 is 17.2 Å². The molecule has 3 rings (SSSR count). The van der Waals surface area contributed by atoms with Gasteiger partial charge in [-0.25, -0.2) is 4.98 Å². The van der Waals surface area contributed by atoms with Crippen LogP contribution in [0.2, 0.25) is 0 Å². The summed E-state index contributed by atoms with van der Waals surface area (Å²) in [7, 11) is 0. The number of thiazole rings is 1. The van der Waals surface area contributed by atoms with Crippen LogP contribution in [0.5, 0.6) is 0 Å². The Balaban J connectivity index is 2.07. The highest BCUT2D eigenvalue weighted by Gasteiger charge is 2.19. The number of aromatic nitrogens is 1. The standard InChI is InChI=1S/C19H16N2OS/c1-2-13-20-18(22)17-16(14-9-5-3-6-10-14)21-19(23-17)15-11-7-4-8-12-15/h2-12H,1,13H2,(H,20,22). The van der Waals surface area contributed by atoms with Crippen LogP contribution in [0.15, 0.2) is 73.3 Å². The first-order valence-electron chi connectivity index (χ1n) is 7.30. The van der Waals surface area contributed by atoms with Crippen LogP contribution in [-0.2, 0) is 0 Å². The van der Waals surface area contributed by atoms with Gasteiger partial charge in [0.2, 0.25) is 0 Å². The Morgan fingerprint density at radius 3 is 2.26 bits per heavy atom. The molecule has 4 heteroatoms. The molecule has 1 N–H and O–H groups in total. The van der Waals surface area contributed by atoms with Gasteiger partial charge in [-0.1, -0.05) is 66.7 Å².